The molecule has 2 amide bonds. The van der Waals surface area contributed by atoms with Crippen molar-refractivity contribution in [2.75, 3.05) is 40.0 Å². The molecule has 0 N–H and O–H groups in total. The minimum absolute atomic E-state index is 0.0234. The van der Waals surface area contributed by atoms with Crippen molar-refractivity contribution < 1.29 is 19.1 Å². The predicted octanol–water partition coefficient (Wildman–Crippen LogP) is 6.53. The lowest BCUT2D eigenvalue weighted by Crippen LogP contribution is -2.46. The van der Waals surface area contributed by atoms with Crippen molar-refractivity contribution in [3.63, 3.8) is 0 Å². The van der Waals surface area contributed by atoms with Gasteiger partial charge < -0.3 is 19.3 Å². The van der Waals surface area contributed by atoms with E-state index < -0.39 is 0 Å². The smallest absolute Gasteiger partial charge is 0.257 e. The number of benzene rings is 2. The lowest BCUT2D eigenvalue weighted by molar-refractivity contribution is -0.134. The number of ether oxygens (including phenoxy) is 2. The van der Waals surface area contributed by atoms with Crippen LogP contribution in [0.15, 0.2) is 54.6 Å². The van der Waals surface area contributed by atoms with Crippen molar-refractivity contribution in [3.8, 4) is 5.75 Å². The van der Waals surface area contributed by atoms with Gasteiger partial charge in [0.15, 0.2) is 0 Å². The highest BCUT2D eigenvalue weighted by atomic mass is 16.5. The van der Waals surface area contributed by atoms with Crippen LogP contribution < -0.4 is 4.74 Å². The fourth-order valence-electron chi connectivity index (χ4n) is 6.18. The van der Waals surface area contributed by atoms with Crippen LogP contribution in [0.5, 0.6) is 5.75 Å². The molecule has 0 spiro atoms. The van der Waals surface area contributed by atoms with Gasteiger partial charge >= 0.3 is 0 Å². The van der Waals surface area contributed by atoms with E-state index >= 15 is 0 Å². The van der Waals surface area contributed by atoms with Crippen LogP contribution in [0, 0.1) is 5.92 Å². The fraction of sp³-hybridized carbons (Fsp3) is 0.588. The summed E-state index contributed by atoms with van der Waals surface area (Å²) in [7, 11) is 1.67. The summed E-state index contributed by atoms with van der Waals surface area (Å²) >= 11 is 0. The third-order valence-corrected chi connectivity index (χ3v) is 8.54. The van der Waals surface area contributed by atoms with Crippen LogP contribution in [-0.4, -0.2) is 67.6 Å². The van der Waals surface area contributed by atoms with E-state index in [-0.39, 0.29) is 17.9 Å². The summed E-state index contributed by atoms with van der Waals surface area (Å²) in [6.45, 7) is 2.86. The van der Waals surface area contributed by atoms with Gasteiger partial charge in [0.1, 0.15) is 12.4 Å². The Morgan fingerprint density at radius 3 is 2.38 bits per heavy atom. The van der Waals surface area contributed by atoms with E-state index in [2.05, 4.69) is 29.2 Å². The van der Waals surface area contributed by atoms with Crippen LogP contribution in [-0.2, 0) is 16.0 Å². The SMILES string of the molecule is COCCN1CCCCCCN(C(=O)CCC2CCCCC2)[C@@H](Cc2ccccc2)COc2ccccc2C1=O. The third kappa shape index (κ3) is 9.09. The number of fused-ring (bicyclic) bond motifs is 1. The average molecular weight is 549 g/mol. The highest BCUT2D eigenvalue weighted by Gasteiger charge is 2.27. The van der Waals surface area contributed by atoms with E-state index in [0.717, 1.165) is 45.1 Å². The van der Waals surface area contributed by atoms with Gasteiger partial charge in [0.25, 0.3) is 5.91 Å². The van der Waals surface area contributed by atoms with Crippen molar-refractivity contribution in [1.82, 2.24) is 9.80 Å². The number of carbonyl (C=O) groups excluding carboxylic acids is 2. The maximum absolute atomic E-state index is 13.8. The third-order valence-electron chi connectivity index (χ3n) is 8.54. The lowest BCUT2D eigenvalue weighted by Gasteiger charge is -2.33. The van der Waals surface area contributed by atoms with E-state index in [1.807, 2.05) is 35.2 Å². The standard InChI is InChI=1S/C34H48N2O4/c1-39-25-24-35-22-12-2-3-13-23-36(33(37)21-20-28-14-6-4-7-15-28)30(26-29-16-8-5-9-17-29)27-40-32-19-11-10-18-31(32)34(35)38/h5,8-11,16-19,28,30H,2-4,6-7,12-15,20-27H2,1H3/t30-/m0/s1. The van der Waals surface area contributed by atoms with E-state index in [4.69, 9.17) is 9.47 Å². The van der Waals surface area contributed by atoms with Crippen LogP contribution in [0.25, 0.3) is 0 Å². The Kier molecular flexibility index (Phi) is 12.4. The molecular weight excluding hydrogens is 500 g/mol. The van der Waals surface area contributed by atoms with Crippen LogP contribution >= 0.6 is 0 Å². The van der Waals surface area contributed by atoms with Gasteiger partial charge in [-0.2, -0.15) is 0 Å². The molecule has 0 radical (unpaired) electrons. The van der Waals surface area contributed by atoms with Gasteiger partial charge in [0.05, 0.1) is 18.2 Å². The first-order chi connectivity index (χ1) is 19.7. The second-order valence-electron chi connectivity index (χ2n) is 11.5. The molecular formula is C34H48N2O4. The fourth-order valence-corrected chi connectivity index (χ4v) is 6.18. The minimum Gasteiger partial charge on any atom is -0.491 e. The highest BCUT2D eigenvalue weighted by molar-refractivity contribution is 5.97. The lowest BCUT2D eigenvalue weighted by atomic mass is 9.86. The van der Waals surface area contributed by atoms with Gasteiger partial charge in [0, 0.05) is 33.2 Å². The first kappa shape index (κ1) is 30.1. The zero-order valence-electron chi connectivity index (χ0n) is 24.4. The maximum atomic E-state index is 13.8. The molecule has 2 aromatic rings. The van der Waals surface area contributed by atoms with Crippen LogP contribution in [0.1, 0.15) is 86.6 Å². The van der Waals surface area contributed by atoms with Crippen LogP contribution in [0.3, 0.4) is 0 Å². The van der Waals surface area contributed by atoms with Gasteiger partial charge in [-0.15, -0.1) is 0 Å². The summed E-state index contributed by atoms with van der Waals surface area (Å²) in [5.74, 6) is 1.49. The molecule has 1 atom stereocenters. The molecule has 1 heterocycles. The number of amides is 2. The molecule has 2 aromatic carbocycles. The molecule has 6 nitrogen and oxygen atoms in total. The number of rotatable bonds is 8. The maximum Gasteiger partial charge on any atom is 0.257 e. The minimum atomic E-state index is -0.100. The van der Waals surface area contributed by atoms with Gasteiger partial charge in [-0.3, -0.25) is 9.59 Å². The van der Waals surface area contributed by atoms with Gasteiger partial charge in [-0.1, -0.05) is 87.4 Å². The number of hydrogen-bond acceptors (Lipinski definition) is 4. The van der Waals surface area contributed by atoms with Gasteiger partial charge in [0.2, 0.25) is 5.91 Å². The first-order valence-corrected chi connectivity index (χ1v) is 15.5. The Morgan fingerprint density at radius 1 is 0.900 bits per heavy atom. The number of methoxy groups -OCH3 is 1. The van der Waals surface area contributed by atoms with Crippen LogP contribution in [0.4, 0.5) is 0 Å². The molecule has 218 valence electrons. The molecule has 1 fully saturated rings. The van der Waals surface area contributed by atoms with Crippen molar-refractivity contribution in [1.29, 1.82) is 0 Å². The van der Waals surface area contributed by atoms with E-state index in [9.17, 15) is 9.59 Å². The van der Waals surface area contributed by atoms with Crippen molar-refractivity contribution in [3.05, 3.63) is 65.7 Å². The summed E-state index contributed by atoms with van der Waals surface area (Å²) in [5, 5.41) is 0. The Hall–Kier alpha value is -2.86. The first-order valence-electron chi connectivity index (χ1n) is 15.5. The zero-order chi connectivity index (χ0) is 28.0. The Balaban J connectivity index is 1.57. The number of para-hydroxylation sites is 1. The number of hydrogen-bond donors (Lipinski definition) is 0. The monoisotopic (exact) mass is 548 g/mol. The molecule has 40 heavy (non-hydrogen) atoms. The van der Waals surface area contributed by atoms with Gasteiger partial charge in [-0.25, -0.2) is 0 Å². The summed E-state index contributed by atoms with van der Waals surface area (Å²) in [4.78, 5) is 31.4. The molecule has 4 rings (SSSR count). The normalized spacial score (nSPS) is 19.9. The van der Waals surface area contributed by atoms with E-state index in [1.54, 1.807) is 7.11 Å². The molecule has 0 bridgehead atoms. The summed E-state index contributed by atoms with van der Waals surface area (Å²) in [5.41, 5.74) is 1.77. The van der Waals surface area contributed by atoms with E-state index in [1.165, 1.54) is 37.7 Å². The molecule has 1 aliphatic heterocycles. The van der Waals surface area contributed by atoms with Crippen molar-refractivity contribution in [2.45, 2.75) is 83.1 Å². The predicted molar refractivity (Wildman–Crippen MR) is 160 cm³/mol. The second-order valence-corrected chi connectivity index (χ2v) is 11.5. The highest BCUT2D eigenvalue weighted by Crippen LogP contribution is 2.28. The summed E-state index contributed by atoms with van der Waals surface area (Å²) < 4.78 is 11.7. The zero-order valence-corrected chi connectivity index (χ0v) is 24.4. The Bertz CT molecular complexity index is 1040. The Labute approximate surface area is 241 Å². The number of carbonyl (C=O) groups is 2. The largest absolute Gasteiger partial charge is 0.491 e. The summed E-state index contributed by atoms with van der Waals surface area (Å²) in [6.07, 6.45) is 12.7. The number of nitrogens with zero attached hydrogens (tertiary/aromatic N) is 2. The molecule has 6 heteroatoms. The molecule has 0 saturated heterocycles. The molecule has 1 aliphatic carbocycles. The quantitative estimate of drug-likeness (QED) is 0.376. The average Bonchev–Trinajstić information content (AvgIpc) is 3.00. The van der Waals surface area contributed by atoms with Crippen molar-refractivity contribution in [2.24, 2.45) is 5.92 Å². The summed E-state index contributed by atoms with van der Waals surface area (Å²) in [6, 6.07) is 17.8. The van der Waals surface area contributed by atoms with E-state index in [0.29, 0.717) is 50.0 Å². The van der Waals surface area contributed by atoms with Crippen LogP contribution in [0.2, 0.25) is 0 Å². The molecule has 0 aromatic heterocycles. The molecule has 2 aliphatic rings. The second kappa shape index (κ2) is 16.4. The molecule has 1 saturated carbocycles. The molecule has 0 unspecified atom stereocenters. The topological polar surface area (TPSA) is 59.1 Å². The van der Waals surface area contributed by atoms with Crippen molar-refractivity contribution >= 4 is 11.8 Å². The Morgan fingerprint density at radius 2 is 1.60 bits per heavy atom. The van der Waals surface area contributed by atoms with Gasteiger partial charge in [-0.05, 0) is 49.3 Å².